The number of carbonyl (C=O) groups is 1. The molecule has 0 aliphatic carbocycles. The van der Waals surface area contributed by atoms with Crippen molar-refractivity contribution < 1.29 is 14.6 Å². The summed E-state index contributed by atoms with van der Waals surface area (Å²) in [7, 11) is 1.66. The Morgan fingerprint density at radius 1 is 1.83 bits per heavy atom. The average Bonchev–Trinajstić information content (AvgIpc) is 1.93. The van der Waals surface area contributed by atoms with E-state index in [0.717, 1.165) is 13.2 Å². The Morgan fingerprint density at radius 2 is 2.50 bits per heavy atom. The normalized spacial score (nSPS) is 20.1. The van der Waals surface area contributed by atoms with Crippen molar-refractivity contribution in [3.05, 3.63) is 0 Å². The van der Waals surface area contributed by atoms with Crippen LogP contribution in [0.15, 0.2) is 0 Å². The fourth-order valence-electron chi connectivity index (χ4n) is 0.821. The molecule has 1 unspecified atom stereocenters. The Hall–Kier alpha value is -0.260. The molecule has 1 saturated heterocycles. The molecule has 5 heteroatoms. The van der Waals surface area contributed by atoms with E-state index < -0.39 is 12.0 Å². The van der Waals surface area contributed by atoms with Crippen LogP contribution in [0.1, 0.15) is 0 Å². The molecule has 1 aliphatic heterocycles. The second-order valence-corrected chi connectivity index (χ2v) is 4.01. The van der Waals surface area contributed by atoms with Crippen LogP contribution in [-0.4, -0.2) is 48.4 Å². The highest BCUT2D eigenvalue weighted by molar-refractivity contribution is 8.00. The Kier molecular flexibility index (Phi) is 3.84. The third-order valence-electron chi connectivity index (χ3n) is 1.75. The third-order valence-corrected chi connectivity index (χ3v) is 3.02. The molecule has 1 heterocycles. The Bertz CT molecular complexity index is 161. The summed E-state index contributed by atoms with van der Waals surface area (Å²) in [6.07, 6.45) is 0. The zero-order valence-corrected chi connectivity index (χ0v) is 7.76. The lowest BCUT2D eigenvalue weighted by Crippen LogP contribution is -2.39. The largest absolute Gasteiger partial charge is 0.480 e. The predicted molar refractivity (Wildman–Crippen MR) is 47.5 cm³/mol. The maximum absolute atomic E-state index is 10.5. The van der Waals surface area contributed by atoms with E-state index in [1.807, 2.05) is 0 Å². The zero-order valence-electron chi connectivity index (χ0n) is 6.95. The maximum Gasteiger partial charge on any atom is 0.321 e. The van der Waals surface area contributed by atoms with Gasteiger partial charge >= 0.3 is 5.97 Å². The van der Waals surface area contributed by atoms with Gasteiger partial charge in [-0.05, 0) is 7.05 Å². The molecule has 0 saturated carbocycles. The number of hydrogen-bond acceptors (Lipinski definition) is 4. The lowest BCUT2D eigenvalue weighted by Gasteiger charge is -2.26. The fraction of sp³-hybridized carbons (Fsp3) is 0.857. The molecule has 12 heavy (non-hydrogen) atoms. The van der Waals surface area contributed by atoms with Crippen molar-refractivity contribution in [2.45, 2.75) is 11.3 Å². The Morgan fingerprint density at radius 3 is 2.83 bits per heavy atom. The smallest absolute Gasteiger partial charge is 0.321 e. The summed E-state index contributed by atoms with van der Waals surface area (Å²) in [5.74, 6) is -0.176. The molecule has 0 aromatic rings. The summed E-state index contributed by atoms with van der Waals surface area (Å²) in [4.78, 5) is 10.5. The van der Waals surface area contributed by atoms with Crippen LogP contribution in [0.4, 0.5) is 0 Å². The molecule has 0 amide bonds. The number of ether oxygens (including phenoxy) is 1. The van der Waals surface area contributed by atoms with Gasteiger partial charge in [-0.25, -0.2) is 0 Å². The molecule has 70 valence electrons. The number of likely N-dealkylation sites (N-methyl/N-ethyl adjacent to an activating group) is 1. The Balaban J connectivity index is 2.13. The number of carboxylic acid groups (broad SMARTS) is 1. The molecule has 0 aromatic heterocycles. The zero-order chi connectivity index (χ0) is 8.97. The van der Waals surface area contributed by atoms with Gasteiger partial charge in [0.1, 0.15) is 6.04 Å². The van der Waals surface area contributed by atoms with E-state index >= 15 is 0 Å². The van der Waals surface area contributed by atoms with Crippen LogP contribution < -0.4 is 5.32 Å². The van der Waals surface area contributed by atoms with Crippen molar-refractivity contribution in [3.8, 4) is 0 Å². The third kappa shape index (κ3) is 2.66. The molecule has 0 radical (unpaired) electrons. The Labute approximate surface area is 75.7 Å². The summed E-state index contributed by atoms with van der Waals surface area (Å²) in [6, 6.07) is -0.435. The van der Waals surface area contributed by atoms with E-state index in [-0.39, 0.29) is 0 Å². The van der Waals surface area contributed by atoms with Crippen LogP contribution in [0, 0.1) is 0 Å². The summed E-state index contributed by atoms with van der Waals surface area (Å²) >= 11 is 1.66. The van der Waals surface area contributed by atoms with E-state index in [2.05, 4.69) is 5.32 Å². The number of rotatable bonds is 5. The van der Waals surface area contributed by atoms with Crippen molar-refractivity contribution in [1.29, 1.82) is 0 Å². The van der Waals surface area contributed by atoms with Crippen molar-refractivity contribution in [3.63, 3.8) is 0 Å². The predicted octanol–water partition coefficient (Wildman–Crippen LogP) is -0.209. The first-order chi connectivity index (χ1) is 5.74. The van der Waals surface area contributed by atoms with Gasteiger partial charge in [0.15, 0.2) is 0 Å². The van der Waals surface area contributed by atoms with E-state index in [4.69, 9.17) is 9.84 Å². The molecular formula is C7H13NO3S. The van der Waals surface area contributed by atoms with Crippen LogP contribution in [0.2, 0.25) is 0 Å². The number of carboxylic acids is 1. The summed E-state index contributed by atoms with van der Waals surface area (Å²) in [5.41, 5.74) is 0. The van der Waals surface area contributed by atoms with E-state index in [9.17, 15) is 4.79 Å². The second-order valence-electron chi connectivity index (χ2n) is 2.67. The monoisotopic (exact) mass is 191 g/mol. The standard InChI is InChI=1S/C7H13NO3S/c1-8-6(7(9)10)4-12-5-2-11-3-5/h5-6,8H,2-4H2,1H3,(H,9,10). The minimum absolute atomic E-state index is 0.435. The summed E-state index contributed by atoms with van der Waals surface area (Å²) < 4.78 is 4.97. The van der Waals surface area contributed by atoms with Crippen LogP contribution in [0.5, 0.6) is 0 Å². The molecule has 1 rings (SSSR count). The van der Waals surface area contributed by atoms with Gasteiger partial charge in [-0.1, -0.05) is 0 Å². The number of nitrogens with one attached hydrogen (secondary N) is 1. The van der Waals surface area contributed by atoms with Gasteiger partial charge in [0.2, 0.25) is 0 Å². The van der Waals surface area contributed by atoms with E-state index in [1.54, 1.807) is 18.8 Å². The van der Waals surface area contributed by atoms with Gasteiger partial charge in [0.25, 0.3) is 0 Å². The molecule has 4 nitrogen and oxygen atoms in total. The van der Waals surface area contributed by atoms with Crippen LogP contribution in [0.3, 0.4) is 0 Å². The molecule has 0 bridgehead atoms. The van der Waals surface area contributed by atoms with Gasteiger partial charge in [-0.2, -0.15) is 11.8 Å². The van der Waals surface area contributed by atoms with Crippen molar-refractivity contribution in [2.24, 2.45) is 0 Å². The second kappa shape index (κ2) is 4.69. The first-order valence-corrected chi connectivity index (χ1v) is 4.88. The van der Waals surface area contributed by atoms with Crippen LogP contribution in [-0.2, 0) is 9.53 Å². The SMILES string of the molecule is CNC(CSC1COC1)C(=O)O. The quantitative estimate of drug-likeness (QED) is 0.630. The van der Waals surface area contributed by atoms with E-state index in [1.165, 1.54) is 0 Å². The highest BCUT2D eigenvalue weighted by Crippen LogP contribution is 2.19. The molecule has 1 aliphatic rings. The van der Waals surface area contributed by atoms with Crippen molar-refractivity contribution in [2.75, 3.05) is 26.0 Å². The lowest BCUT2D eigenvalue weighted by molar-refractivity contribution is -0.138. The van der Waals surface area contributed by atoms with Gasteiger partial charge in [-0.3, -0.25) is 4.79 Å². The van der Waals surface area contributed by atoms with Gasteiger partial charge in [-0.15, -0.1) is 0 Å². The number of hydrogen-bond donors (Lipinski definition) is 2. The lowest BCUT2D eigenvalue weighted by atomic mass is 10.3. The number of aliphatic carboxylic acids is 1. The minimum Gasteiger partial charge on any atom is -0.480 e. The van der Waals surface area contributed by atoms with Gasteiger partial charge in [0, 0.05) is 5.75 Å². The fourth-order valence-corrected chi connectivity index (χ4v) is 1.98. The highest BCUT2D eigenvalue weighted by atomic mass is 32.2. The summed E-state index contributed by atoms with van der Waals surface area (Å²) in [5, 5.41) is 11.9. The molecule has 0 aromatic carbocycles. The minimum atomic E-state index is -0.787. The molecular weight excluding hydrogens is 178 g/mol. The van der Waals surface area contributed by atoms with Gasteiger partial charge < -0.3 is 15.2 Å². The van der Waals surface area contributed by atoms with Crippen LogP contribution >= 0.6 is 11.8 Å². The number of thioether (sulfide) groups is 1. The first-order valence-electron chi connectivity index (χ1n) is 3.83. The molecule has 1 atom stereocenters. The van der Waals surface area contributed by atoms with Gasteiger partial charge in [0.05, 0.1) is 18.5 Å². The van der Waals surface area contributed by atoms with Crippen molar-refractivity contribution in [1.82, 2.24) is 5.32 Å². The average molecular weight is 191 g/mol. The molecule has 2 N–H and O–H groups in total. The van der Waals surface area contributed by atoms with E-state index in [0.29, 0.717) is 11.0 Å². The topological polar surface area (TPSA) is 58.6 Å². The highest BCUT2D eigenvalue weighted by Gasteiger charge is 2.22. The van der Waals surface area contributed by atoms with Crippen LogP contribution in [0.25, 0.3) is 0 Å². The van der Waals surface area contributed by atoms with Crippen molar-refractivity contribution >= 4 is 17.7 Å². The summed E-state index contributed by atoms with van der Waals surface area (Å²) in [6.45, 7) is 1.53. The molecule has 1 fully saturated rings. The maximum atomic E-state index is 10.5. The molecule has 0 spiro atoms. The first kappa shape index (κ1) is 9.83.